The maximum atomic E-state index is 13.6. The van der Waals surface area contributed by atoms with Gasteiger partial charge in [-0.15, -0.1) is 0 Å². The number of aryl methyl sites for hydroxylation is 1. The molecule has 5 rings (SSSR count). The summed E-state index contributed by atoms with van der Waals surface area (Å²) in [5, 5.41) is 2.83. The van der Waals surface area contributed by atoms with Gasteiger partial charge in [-0.25, -0.2) is 4.98 Å². The summed E-state index contributed by atoms with van der Waals surface area (Å²) in [7, 11) is 2.12. The Morgan fingerprint density at radius 2 is 1.85 bits per heavy atom. The predicted molar refractivity (Wildman–Crippen MR) is 173 cm³/mol. The van der Waals surface area contributed by atoms with Crippen LogP contribution in [0.2, 0.25) is 5.02 Å². The second-order valence-corrected chi connectivity index (χ2v) is 11.8. The van der Waals surface area contributed by atoms with E-state index in [1.165, 1.54) is 17.4 Å². The van der Waals surface area contributed by atoms with Crippen molar-refractivity contribution in [1.82, 2.24) is 15.2 Å². The van der Waals surface area contributed by atoms with Crippen molar-refractivity contribution < 1.29 is 27.4 Å². The van der Waals surface area contributed by atoms with Crippen molar-refractivity contribution in [3.8, 4) is 11.6 Å². The standard InChI is InChI=1S/C35H36ClF3N4O3/c1-24-9-6-7-13-31(24)42(2)28-16-18-43(21-28)20-27(23-45-22-25-10-4-3-5-11-25)41-33(44)29-12-8-17-40-34(29)46-32-15-14-26(19-30(32)36)35(37,38)39/h3-15,17,19,27-28H,16,18,20-23H2,1-2H3,(H,41,44)/t27-,28-/m0/s1. The summed E-state index contributed by atoms with van der Waals surface area (Å²) in [6, 6.07) is 23.9. The number of halogens is 4. The molecule has 1 saturated heterocycles. The molecule has 7 nitrogen and oxygen atoms in total. The molecule has 1 amide bonds. The number of hydrogen-bond donors (Lipinski definition) is 1. The number of benzene rings is 3. The van der Waals surface area contributed by atoms with E-state index in [-0.39, 0.29) is 34.9 Å². The van der Waals surface area contributed by atoms with Crippen molar-refractivity contribution >= 4 is 23.2 Å². The highest BCUT2D eigenvalue weighted by Gasteiger charge is 2.32. The smallest absolute Gasteiger partial charge is 0.416 e. The average molecular weight is 653 g/mol. The summed E-state index contributed by atoms with van der Waals surface area (Å²) >= 11 is 6.11. The number of aromatic nitrogens is 1. The number of nitrogens with zero attached hydrogens (tertiary/aromatic N) is 3. The first-order valence-corrected chi connectivity index (χ1v) is 15.4. The second kappa shape index (κ2) is 15.0. The molecule has 3 aromatic carbocycles. The monoisotopic (exact) mass is 652 g/mol. The van der Waals surface area contributed by atoms with Crippen molar-refractivity contribution in [3.05, 3.63) is 118 Å². The molecule has 1 fully saturated rings. The maximum Gasteiger partial charge on any atom is 0.416 e. The number of rotatable bonds is 12. The third kappa shape index (κ3) is 8.57. The zero-order valence-electron chi connectivity index (χ0n) is 25.6. The molecule has 11 heteroatoms. The molecule has 2 atom stereocenters. The van der Waals surface area contributed by atoms with Crippen molar-refractivity contribution in [2.24, 2.45) is 0 Å². The number of amides is 1. The number of pyridine rings is 1. The predicted octanol–water partition coefficient (Wildman–Crippen LogP) is 7.38. The van der Waals surface area contributed by atoms with Crippen LogP contribution >= 0.6 is 11.6 Å². The molecule has 1 aliphatic heterocycles. The Balaban J connectivity index is 1.28. The Morgan fingerprint density at radius 1 is 1.09 bits per heavy atom. The van der Waals surface area contributed by atoms with Crippen LogP contribution in [0.1, 0.15) is 33.5 Å². The molecule has 0 bridgehead atoms. The number of para-hydroxylation sites is 1. The van der Waals surface area contributed by atoms with Gasteiger partial charge in [-0.05, 0) is 60.9 Å². The fourth-order valence-electron chi connectivity index (χ4n) is 5.57. The Labute approximate surface area is 271 Å². The highest BCUT2D eigenvalue weighted by molar-refractivity contribution is 6.32. The van der Waals surface area contributed by atoms with Crippen molar-refractivity contribution in [2.45, 2.75) is 38.2 Å². The van der Waals surface area contributed by atoms with Crippen LogP contribution in [0.3, 0.4) is 0 Å². The molecule has 1 N–H and O–H groups in total. The number of alkyl halides is 3. The van der Waals surface area contributed by atoms with Gasteiger partial charge in [0.2, 0.25) is 5.88 Å². The van der Waals surface area contributed by atoms with Gasteiger partial charge in [0, 0.05) is 44.6 Å². The first-order chi connectivity index (χ1) is 22.1. The molecule has 0 unspecified atom stereocenters. The van der Waals surface area contributed by atoms with E-state index in [1.54, 1.807) is 12.1 Å². The van der Waals surface area contributed by atoms with E-state index in [2.05, 4.69) is 46.2 Å². The molecule has 0 saturated carbocycles. The van der Waals surface area contributed by atoms with Gasteiger partial charge < -0.3 is 19.7 Å². The van der Waals surface area contributed by atoms with Gasteiger partial charge >= 0.3 is 6.18 Å². The third-order valence-corrected chi connectivity index (χ3v) is 8.31. The fraction of sp³-hybridized carbons (Fsp3) is 0.314. The van der Waals surface area contributed by atoms with Crippen molar-refractivity contribution in [3.63, 3.8) is 0 Å². The molecule has 0 spiro atoms. The van der Waals surface area contributed by atoms with Gasteiger partial charge in [0.15, 0.2) is 0 Å². The lowest BCUT2D eigenvalue weighted by Crippen LogP contribution is -2.46. The lowest BCUT2D eigenvalue weighted by atomic mass is 10.1. The largest absolute Gasteiger partial charge is 0.437 e. The molecule has 2 heterocycles. The summed E-state index contributed by atoms with van der Waals surface area (Å²) in [4.78, 5) is 22.5. The van der Waals surface area contributed by atoms with Gasteiger partial charge in [0.1, 0.15) is 11.3 Å². The third-order valence-electron chi connectivity index (χ3n) is 8.02. The molecule has 0 radical (unpaired) electrons. The van der Waals surface area contributed by atoms with Gasteiger partial charge in [-0.1, -0.05) is 60.1 Å². The zero-order valence-corrected chi connectivity index (χ0v) is 26.4. The molecule has 4 aromatic rings. The first kappa shape index (κ1) is 33.2. The van der Waals surface area contributed by atoms with Gasteiger partial charge in [0.25, 0.3) is 5.91 Å². The number of carbonyl (C=O) groups excluding carboxylic acids is 1. The highest BCUT2D eigenvalue weighted by Crippen LogP contribution is 2.36. The summed E-state index contributed by atoms with van der Waals surface area (Å²) < 4.78 is 51.2. The molecular weight excluding hydrogens is 617 g/mol. The molecule has 1 aromatic heterocycles. The SMILES string of the molecule is Cc1ccccc1N(C)[C@H]1CCN(C[C@@H](COCc2ccccc2)NC(=O)c2cccnc2Oc2ccc(C(F)(F)F)cc2Cl)C1. The van der Waals surface area contributed by atoms with Crippen LogP contribution in [0.15, 0.2) is 91.1 Å². The summed E-state index contributed by atoms with van der Waals surface area (Å²) in [5.74, 6) is -0.579. The molecule has 46 heavy (non-hydrogen) atoms. The highest BCUT2D eigenvalue weighted by atomic mass is 35.5. The topological polar surface area (TPSA) is 66.9 Å². The van der Waals surface area contributed by atoms with E-state index in [9.17, 15) is 18.0 Å². The van der Waals surface area contributed by atoms with E-state index < -0.39 is 17.6 Å². The first-order valence-electron chi connectivity index (χ1n) is 15.0. The van der Waals surface area contributed by atoms with Crippen LogP contribution in [0.5, 0.6) is 11.6 Å². The van der Waals surface area contributed by atoms with Gasteiger partial charge in [-0.2, -0.15) is 13.2 Å². The van der Waals surface area contributed by atoms with Crippen LogP contribution < -0.4 is 15.0 Å². The Bertz CT molecular complexity index is 1620. The number of nitrogens with one attached hydrogen (secondary N) is 1. The number of hydrogen-bond acceptors (Lipinski definition) is 6. The summed E-state index contributed by atoms with van der Waals surface area (Å²) in [5.41, 5.74) is 2.64. The Morgan fingerprint density at radius 3 is 2.59 bits per heavy atom. The van der Waals surface area contributed by atoms with Gasteiger partial charge in [-0.3, -0.25) is 9.69 Å². The zero-order chi connectivity index (χ0) is 32.7. The quantitative estimate of drug-likeness (QED) is 0.172. The Kier molecular flexibility index (Phi) is 10.8. The van der Waals surface area contributed by atoms with E-state index >= 15 is 0 Å². The van der Waals surface area contributed by atoms with E-state index in [0.29, 0.717) is 19.2 Å². The number of ether oxygens (including phenoxy) is 2. The average Bonchev–Trinajstić information content (AvgIpc) is 3.50. The lowest BCUT2D eigenvalue weighted by Gasteiger charge is -2.29. The Hall–Kier alpha value is -4.12. The maximum absolute atomic E-state index is 13.6. The van der Waals surface area contributed by atoms with Crippen LogP contribution in [-0.2, 0) is 17.5 Å². The minimum Gasteiger partial charge on any atom is -0.437 e. The molecule has 242 valence electrons. The number of likely N-dealkylation sites (tertiary alicyclic amines) is 1. The lowest BCUT2D eigenvalue weighted by molar-refractivity contribution is -0.137. The normalized spacial score (nSPS) is 15.8. The number of carbonyl (C=O) groups is 1. The minimum absolute atomic E-state index is 0.0500. The second-order valence-electron chi connectivity index (χ2n) is 11.4. The number of likely N-dealkylation sites (N-methyl/N-ethyl adjacent to an activating group) is 1. The van der Waals surface area contributed by atoms with Crippen LogP contribution in [0.4, 0.5) is 18.9 Å². The van der Waals surface area contributed by atoms with Gasteiger partial charge in [0.05, 0.1) is 29.8 Å². The van der Waals surface area contributed by atoms with Crippen LogP contribution in [0, 0.1) is 6.92 Å². The molecular formula is C35H36ClF3N4O3. The summed E-state index contributed by atoms with van der Waals surface area (Å²) in [6.07, 6.45) is -2.15. The van der Waals surface area contributed by atoms with Crippen molar-refractivity contribution in [2.75, 3.05) is 38.2 Å². The summed E-state index contributed by atoms with van der Waals surface area (Å²) in [6.45, 7) is 5.00. The number of anilines is 1. The fourth-order valence-corrected chi connectivity index (χ4v) is 5.79. The van der Waals surface area contributed by atoms with Crippen LogP contribution in [0.25, 0.3) is 0 Å². The van der Waals surface area contributed by atoms with E-state index in [4.69, 9.17) is 21.1 Å². The molecule has 1 aliphatic rings. The van der Waals surface area contributed by atoms with E-state index in [0.717, 1.165) is 43.3 Å². The minimum atomic E-state index is -4.55. The van der Waals surface area contributed by atoms with Crippen molar-refractivity contribution in [1.29, 1.82) is 0 Å². The van der Waals surface area contributed by atoms with Crippen LogP contribution in [-0.4, -0.2) is 61.2 Å². The van der Waals surface area contributed by atoms with E-state index in [1.807, 2.05) is 42.5 Å². The molecule has 0 aliphatic carbocycles.